The van der Waals surface area contributed by atoms with Gasteiger partial charge in [-0.3, -0.25) is 9.69 Å². The molecule has 0 aliphatic carbocycles. The van der Waals surface area contributed by atoms with Gasteiger partial charge in [0.05, 0.1) is 13.2 Å². The number of hydrogen-bond donors (Lipinski definition) is 1. The Morgan fingerprint density at radius 3 is 2.75 bits per heavy atom. The number of piperazine rings is 1. The third-order valence-electron chi connectivity index (χ3n) is 2.94. The zero-order chi connectivity index (χ0) is 14.4. The van der Waals surface area contributed by atoms with E-state index in [9.17, 15) is 9.59 Å². The second-order valence-corrected chi connectivity index (χ2v) is 5.24. The van der Waals surface area contributed by atoms with E-state index < -0.39 is 0 Å². The van der Waals surface area contributed by atoms with E-state index in [1.165, 1.54) is 11.3 Å². The first-order valence-corrected chi connectivity index (χ1v) is 7.40. The van der Waals surface area contributed by atoms with Crippen LogP contribution < -0.4 is 5.32 Å². The highest BCUT2D eigenvalue weighted by Gasteiger charge is 2.23. The van der Waals surface area contributed by atoms with Crippen LogP contribution in [0.4, 0.5) is 9.93 Å². The molecule has 2 heterocycles. The van der Waals surface area contributed by atoms with Crippen LogP contribution in [-0.4, -0.2) is 66.1 Å². The van der Waals surface area contributed by atoms with E-state index in [0.29, 0.717) is 44.5 Å². The number of aromatic nitrogens is 1. The Bertz CT molecular complexity index is 444. The van der Waals surface area contributed by atoms with Gasteiger partial charge in [0.1, 0.15) is 0 Å². The van der Waals surface area contributed by atoms with Crippen LogP contribution in [0.3, 0.4) is 0 Å². The molecule has 7 nitrogen and oxygen atoms in total. The Labute approximate surface area is 121 Å². The van der Waals surface area contributed by atoms with Crippen LogP contribution >= 0.6 is 11.3 Å². The number of anilines is 1. The Morgan fingerprint density at radius 1 is 1.40 bits per heavy atom. The summed E-state index contributed by atoms with van der Waals surface area (Å²) in [7, 11) is 0. The van der Waals surface area contributed by atoms with E-state index in [1.54, 1.807) is 18.0 Å². The summed E-state index contributed by atoms with van der Waals surface area (Å²) in [6, 6.07) is 0. The van der Waals surface area contributed by atoms with Gasteiger partial charge in [0.2, 0.25) is 5.91 Å². The van der Waals surface area contributed by atoms with Crippen LogP contribution in [0.2, 0.25) is 0 Å². The topological polar surface area (TPSA) is 74.8 Å². The molecule has 20 heavy (non-hydrogen) atoms. The number of rotatable bonds is 4. The zero-order valence-electron chi connectivity index (χ0n) is 11.4. The second-order valence-electron chi connectivity index (χ2n) is 4.35. The fraction of sp³-hybridized carbons (Fsp3) is 0.583. The number of carbonyl (C=O) groups excluding carboxylic acids is 2. The number of nitrogens with zero attached hydrogens (tertiary/aromatic N) is 3. The molecule has 1 aliphatic rings. The minimum atomic E-state index is -0.278. The van der Waals surface area contributed by atoms with Crippen molar-refractivity contribution in [3.05, 3.63) is 11.6 Å². The molecule has 0 unspecified atom stereocenters. The van der Waals surface area contributed by atoms with Crippen LogP contribution in [0.5, 0.6) is 0 Å². The normalized spacial score (nSPS) is 15.9. The van der Waals surface area contributed by atoms with E-state index in [-0.39, 0.29) is 12.0 Å². The first-order chi connectivity index (χ1) is 9.69. The first-order valence-electron chi connectivity index (χ1n) is 6.52. The quantitative estimate of drug-likeness (QED) is 0.892. The molecule has 1 aromatic rings. The average Bonchev–Trinajstić information content (AvgIpc) is 2.92. The maximum atomic E-state index is 11.8. The monoisotopic (exact) mass is 298 g/mol. The third kappa shape index (κ3) is 4.17. The summed E-state index contributed by atoms with van der Waals surface area (Å²) < 4.78 is 4.95. The molecule has 0 saturated carbocycles. The van der Waals surface area contributed by atoms with E-state index in [2.05, 4.69) is 10.3 Å². The molecule has 0 bridgehead atoms. The summed E-state index contributed by atoms with van der Waals surface area (Å²) in [5.41, 5.74) is 0. The number of amides is 2. The summed E-state index contributed by atoms with van der Waals surface area (Å²) in [5.74, 6) is -0.0791. The van der Waals surface area contributed by atoms with Crippen LogP contribution in [-0.2, 0) is 9.53 Å². The van der Waals surface area contributed by atoms with Crippen molar-refractivity contribution in [1.82, 2.24) is 14.8 Å². The minimum absolute atomic E-state index is 0.0791. The summed E-state index contributed by atoms with van der Waals surface area (Å²) in [6.07, 6.45) is 1.37. The summed E-state index contributed by atoms with van der Waals surface area (Å²) in [6.45, 7) is 5.00. The van der Waals surface area contributed by atoms with Gasteiger partial charge >= 0.3 is 6.09 Å². The van der Waals surface area contributed by atoms with Gasteiger partial charge in [-0.05, 0) is 6.92 Å². The molecule has 0 radical (unpaired) electrons. The Kier molecular flexibility index (Phi) is 5.31. The standard InChI is InChI=1S/C12H18N4O3S/c1-2-19-12(18)16-6-4-15(5-7-16)9-10(17)14-11-13-3-8-20-11/h3,8H,2,4-7,9H2,1H3,(H,13,14,17). The molecule has 8 heteroatoms. The van der Waals surface area contributed by atoms with E-state index in [1.807, 2.05) is 10.3 Å². The Balaban J connectivity index is 1.71. The molecule has 2 rings (SSSR count). The molecule has 0 atom stereocenters. The molecule has 2 amide bonds. The van der Waals surface area contributed by atoms with Crippen LogP contribution in [0.15, 0.2) is 11.6 Å². The van der Waals surface area contributed by atoms with Crippen molar-refractivity contribution in [3.63, 3.8) is 0 Å². The van der Waals surface area contributed by atoms with Gasteiger partial charge < -0.3 is 15.0 Å². The van der Waals surface area contributed by atoms with Crippen molar-refractivity contribution in [2.45, 2.75) is 6.92 Å². The zero-order valence-corrected chi connectivity index (χ0v) is 12.2. The lowest BCUT2D eigenvalue weighted by molar-refractivity contribution is -0.117. The molecule has 0 spiro atoms. The Morgan fingerprint density at radius 2 is 2.15 bits per heavy atom. The highest BCUT2D eigenvalue weighted by atomic mass is 32.1. The van der Waals surface area contributed by atoms with Crippen molar-refractivity contribution >= 4 is 28.5 Å². The predicted molar refractivity (Wildman–Crippen MR) is 75.8 cm³/mol. The molecule has 1 aromatic heterocycles. The molecule has 1 aliphatic heterocycles. The number of carbonyl (C=O) groups is 2. The molecule has 110 valence electrons. The number of hydrogen-bond acceptors (Lipinski definition) is 6. The first kappa shape index (κ1) is 14.7. The maximum Gasteiger partial charge on any atom is 0.409 e. The van der Waals surface area contributed by atoms with E-state index in [0.717, 1.165) is 0 Å². The number of nitrogens with one attached hydrogen (secondary N) is 1. The van der Waals surface area contributed by atoms with Gasteiger partial charge in [0.25, 0.3) is 0 Å². The largest absolute Gasteiger partial charge is 0.450 e. The lowest BCUT2D eigenvalue weighted by Gasteiger charge is -2.33. The molecular formula is C12H18N4O3S. The van der Waals surface area contributed by atoms with Gasteiger partial charge in [-0.25, -0.2) is 9.78 Å². The molecule has 1 N–H and O–H groups in total. The Hall–Kier alpha value is -1.67. The lowest BCUT2D eigenvalue weighted by atomic mass is 10.3. The van der Waals surface area contributed by atoms with E-state index >= 15 is 0 Å². The third-order valence-corrected chi connectivity index (χ3v) is 3.63. The predicted octanol–water partition coefficient (Wildman–Crippen LogP) is 0.856. The summed E-state index contributed by atoms with van der Waals surface area (Å²) in [4.78, 5) is 31.0. The van der Waals surface area contributed by atoms with Gasteiger partial charge in [0.15, 0.2) is 5.13 Å². The van der Waals surface area contributed by atoms with Crippen molar-refractivity contribution in [2.75, 3.05) is 44.6 Å². The van der Waals surface area contributed by atoms with Crippen LogP contribution in [0.1, 0.15) is 6.92 Å². The smallest absolute Gasteiger partial charge is 0.409 e. The van der Waals surface area contributed by atoms with Crippen LogP contribution in [0.25, 0.3) is 0 Å². The van der Waals surface area contributed by atoms with Crippen molar-refractivity contribution < 1.29 is 14.3 Å². The number of thiazole rings is 1. The van der Waals surface area contributed by atoms with Gasteiger partial charge in [-0.1, -0.05) is 0 Å². The lowest BCUT2D eigenvalue weighted by Crippen LogP contribution is -2.50. The fourth-order valence-corrected chi connectivity index (χ4v) is 2.50. The molecular weight excluding hydrogens is 280 g/mol. The van der Waals surface area contributed by atoms with E-state index in [4.69, 9.17) is 4.74 Å². The van der Waals surface area contributed by atoms with Crippen molar-refractivity contribution in [2.24, 2.45) is 0 Å². The van der Waals surface area contributed by atoms with Crippen LogP contribution in [0, 0.1) is 0 Å². The minimum Gasteiger partial charge on any atom is -0.450 e. The number of ether oxygens (including phenoxy) is 1. The van der Waals surface area contributed by atoms with Crippen molar-refractivity contribution in [1.29, 1.82) is 0 Å². The molecule has 1 saturated heterocycles. The summed E-state index contributed by atoms with van der Waals surface area (Å²) in [5, 5.41) is 5.17. The second kappa shape index (κ2) is 7.20. The highest BCUT2D eigenvalue weighted by Crippen LogP contribution is 2.10. The van der Waals surface area contributed by atoms with Gasteiger partial charge in [-0.15, -0.1) is 11.3 Å². The van der Waals surface area contributed by atoms with Gasteiger partial charge in [0, 0.05) is 37.8 Å². The SMILES string of the molecule is CCOC(=O)N1CCN(CC(=O)Nc2nccs2)CC1. The maximum absolute atomic E-state index is 11.8. The highest BCUT2D eigenvalue weighted by molar-refractivity contribution is 7.13. The van der Waals surface area contributed by atoms with Crippen molar-refractivity contribution in [3.8, 4) is 0 Å². The summed E-state index contributed by atoms with van der Waals surface area (Å²) >= 11 is 1.39. The fourth-order valence-electron chi connectivity index (χ4n) is 1.95. The van der Waals surface area contributed by atoms with Gasteiger partial charge in [-0.2, -0.15) is 0 Å². The molecule has 0 aromatic carbocycles. The molecule has 1 fully saturated rings. The average molecular weight is 298 g/mol.